The molecule has 16 heavy (non-hydrogen) atoms. The van der Waals surface area contributed by atoms with Crippen molar-refractivity contribution in [3.8, 4) is 0 Å². The average molecular weight is 287 g/mol. The summed E-state index contributed by atoms with van der Waals surface area (Å²) in [7, 11) is 1.83. The Morgan fingerprint density at radius 1 is 1.56 bits per heavy atom. The molecule has 1 fully saturated rings. The van der Waals surface area contributed by atoms with E-state index in [0.717, 1.165) is 17.3 Å². The van der Waals surface area contributed by atoms with Crippen LogP contribution in [0.25, 0.3) is 0 Å². The molecule has 0 unspecified atom stereocenters. The highest BCUT2D eigenvalue weighted by atomic mass is 79.9. The third-order valence-electron chi connectivity index (χ3n) is 2.82. The Labute approximate surface area is 103 Å². The van der Waals surface area contributed by atoms with Gasteiger partial charge < -0.3 is 4.57 Å². The summed E-state index contributed by atoms with van der Waals surface area (Å²) in [6, 6.07) is 1.77. The molecule has 1 aliphatic rings. The van der Waals surface area contributed by atoms with Crippen molar-refractivity contribution in [2.45, 2.75) is 31.8 Å². The molecule has 1 N–H and O–H groups in total. The zero-order chi connectivity index (χ0) is 11.5. The van der Waals surface area contributed by atoms with E-state index in [-0.39, 0.29) is 12.0 Å². The Bertz CT molecular complexity index is 383. The third-order valence-corrected chi connectivity index (χ3v) is 3.26. The molecule has 0 aromatic carbocycles. The first-order chi connectivity index (χ1) is 7.66. The summed E-state index contributed by atoms with van der Waals surface area (Å²) >= 11 is 3.33. The predicted molar refractivity (Wildman–Crippen MR) is 63.9 cm³/mol. The van der Waals surface area contributed by atoms with Gasteiger partial charge in [0.05, 0.1) is 6.10 Å². The minimum Gasteiger partial charge on any atom is -0.345 e. The van der Waals surface area contributed by atoms with Crippen molar-refractivity contribution in [1.82, 2.24) is 10.0 Å². The predicted octanol–water partition coefficient (Wildman–Crippen LogP) is 2.39. The fourth-order valence-electron chi connectivity index (χ4n) is 1.95. The highest BCUT2D eigenvalue weighted by Gasteiger charge is 2.18. The number of carbonyl (C=O) groups excluding carboxylic acids is 1. The first-order valence-electron chi connectivity index (χ1n) is 5.44. The van der Waals surface area contributed by atoms with Crippen molar-refractivity contribution in [3.63, 3.8) is 0 Å². The second-order valence-corrected chi connectivity index (χ2v) is 5.03. The second kappa shape index (κ2) is 5.01. The van der Waals surface area contributed by atoms with Crippen LogP contribution in [0.4, 0.5) is 0 Å². The number of hydrogen-bond donors (Lipinski definition) is 1. The zero-order valence-electron chi connectivity index (χ0n) is 9.20. The monoisotopic (exact) mass is 286 g/mol. The van der Waals surface area contributed by atoms with Gasteiger partial charge in [-0.2, -0.15) is 0 Å². The van der Waals surface area contributed by atoms with E-state index < -0.39 is 0 Å². The summed E-state index contributed by atoms with van der Waals surface area (Å²) in [5.74, 6) is -0.194. The smallest absolute Gasteiger partial charge is 0.291 e. The average Bonchev–Trinajstić information content (AvgIpc) is 2.84. The molecular formula is C11H15BrN2O2. The Morgan fingerprint density at radius 3 is 2.81 bits per heavy atom. The molecule has 0 aliphatic heterocycles. The van der Waals surface area contributed by atoms with Crippen LogP contribution in [0.15, 0.2) is 16.7 Å². The maximum Gasteiger partial charge on any atom is 0.291 e. The molecule has 88 valence electrons. The molecule has 1 aromatic heterocycles. The summed E-state index contributed by atoms with van der Waals surface area (Å²) in [6.07, 6.45) is 6.48. The number of hydrogen-bond acceptors (Lipinski definition) is 2. The Hall–Kier alpha value is -0.810. The number of halogens is 1. The molecule has 0 spiro atoms. The molecule has 0 radical (unpaired) electrons. The lowest BCUT2D eigenvalue weighted by Crippen LogP contribution is -2.29. The lowest BCUT2D eigenvalue weighted by molar-refractivity contribution is -0.0129. The molecule has 1 saturated carbocycles. The van der Waals surface area contributed by atoms with Gasteiger partial charge in [0.2, 0.25) is 0 Å². The first-order valence-corrected chi connectivity index (χ1v) is 6.24. The molecule has 0 bridgehead atoms. The molecule has 0 saturated heterocycles. The van der Waals surface area contributed by atoms with Crippen molar-refractivity contribution in [3.05, 3.63) is 22.4 Å². The van der Waals surface area contributed by atoms with E-state index in [1.807, 2.05) is 13.2 Å². The van der Waals surface area contributed by atoms with Gasteiger partial charge in [-0.3, -0.25) is 9.63 Å². The molecule has 4 nitrogen and oxygen atoms in total. The first kappa shape index (κ1) is 11.7. The van der Waals surface area contributed by atoms with Crippen molar-refractivity contribution in [1.29, 1.82) is 0 Å². The van der Waals surface area contributed by atoms with E-state index in [2.05, 4.69) is 21.4 Å². The van der Waals surface area contributed by atoms with Gasteiger partial charge >= 0.3 is 0 Å². The fourth-order valence-corrected chi connectivity index (χ4v) is 2.47. The molecule has 1 aromatic rings. The van der Waals surface area contributed by atoms with Gasteiger partial charge in [0.25, 0.3) is 5.91 Å². The lowest BCUT2D eigenvalue weighted by Gasteiger charge is -2.11. The molecule has 1 heterocycles. The van der Waals surface area contributed by atoms with Crippen LogP contribution in [0.5, 0.6) is 0 Å². The van der Waals surface area contributed by atoms with Crippen molar-refractivity contribution in [2.24, 2.45) is 7.05 Å². The Kier molecular flexibility index (Phi) is 3.66. The Balaban J connectivity index is 1.90. The highest BCUT2D eigenvalue weighted by molar-refractivity contribution is 9.10. The van der Waals surface area contributed by atoms with E-state index in [9.17, 15) is 4.79 Å². The van der Waals surface area contributed by atoms with E-state index in [1.54, 1.807) is 10.6 Å². The summed E-state index contributed by atoms with van der Waals surface area (Å²) in [4.78, 5) is 17.1. The minimum atomic E-state index is -0.194. The van der Waals surface area contributed by atoms with Gasteiger partial charge in [-0.25, -0.2) is 5.48 Å². The number of carbonyl (C=O) groups is 1. The van der Waals surface area contributed by atoms with Crippen molar-refractivity contribution < 1.29 is 9.63 Å². The van der Waals surface area contributed by atoms with Crippen LogP contribution in [-0.2, 0) is 11.9 Å². The zero-order valence-corrected chi connectivity index (χ0v) is 10.8. The van der Waals surface area contributed by atoms with Crippen LogP contribution in [0, 0.1) is 0 Å². The highest BCUT2D eigenvalue weighted by Crippen LogP contribution is 2.20. The number of amides is 1. The molecule has 2 rings (SSSR count). The SMILES string of the molecule is Cn1cc(Br)cc1C(=O)NOC1CCCC1. The molecule has 1 amide bonds. The quantitative estimate of drug-likeness (QED) is 0.867. The van der Waals surface area contributed by atoms with Gasteiger partial charge in [-0.15, -0.1) is 0 Å². The topological polar surface area (TPSA) is 43.3 Å². The summed E-state index contributed by atoms with van der Waals surface area (Å²) in [5.41, 5.74) is 3.10. The van der Waals surface area contributed by atoms with E-state index in [4.69, 9.17) is 4.84 Å². The molecule has 1 aliphatic carbocycles. The summed E-state index contributed by atoms with van der Waals surface area (Å²) in [5, 5.41) is 0. The minimum absolute atomic E-state index is 0.188. The van der Waals surface area contributed by atoms with Gasteiger partial charge in [-0.05, 0) is 34.8 Å². The molecule has 5 heteroatoms. The van der Waals surface area contributed by atoms with E-state index in [1.165, 1.54) is 12.8 Å². The van der Waals surface area contributed by atoms with Crippen LogP contribution in [0.1, 0.15) is 36.2 Å². The van der Waals surface area contributed by atoms with E-state index in [0.29, 0.717) is 5.69 Å². The lowest BCUT2D eigenvalue weighted by atomic mass is 10.3. The second-order valence-electron chi connectivity index (χ2n) is 4.11. The Morgan fingerprint density at radius 2 is 2.25 bits per heavy atom. The van der Waals surface area contributed by atoms with Gasteiger partial charge in [-0.1, -0.05) is 12.8 Å². The van der Waals surface area contributed by atoms with Gasteiger partial charge in [0.15, 0.2) is 0 Å². The standard InChI is InChI=1S/C11H15BrN2O2/c1-14-7-8(12)6-10(14)11(15)13-16-9-4-2-3-5-9/h6-7,9H,2-5H2,1H3,(H,13,15). The number of nitrogens with one attached hydrogen (secondary N) is 1. The third kappa shape index (κ3) is 2.65. The molecular weight excluding hydrogens is 272 g/mol. The van der Waals surface area contributed by atoms with Crippen molar-refractivity contribution in [2.75, 3.05) is 0 Å². The van der Waals surface area contributed by atoms with Crippen LogP contribution in [0.3, 0.4) is 0 Å². The number of aromatic nitrogens is 1. The number of hydroxylamine groups is 1. The van der Waals surface area contributed by atoms with Crippen LogP contribution >= 0.6 is 15.9 Å². The van der Waals surface area contributed by atoms with Crippen LogP contribution in [0.2, 0.25) is 0 Å². The van der Waals surface area contributed by atoms with Crippen LogP contribution in [-0.4, -0.2) is 16.6 Å². The number of nitrogens with zero attached hydrogens (tertiary/aromatic N) is 1. The fraction of sp³-hybridized carbons (Fsp3) is 0.545. The largest absolute Gasteiger partial charge is 0.345 e. The van der Waals surface area contributed by atoms with E-state index >= 15 is 0 Å². The maximum absolute atomic E-state index is 11.8. The number of rotatable bonds is 3. The van der Waals surface area contributed by atoms with Gasteiger partial charge in [0, 0.05) is 17.7 Å². The summed E-state index contributed by atoms with van der Waals surface area (Å²) in [6.45, 7) is 0. The van der Waals surface area contributed by atoms with Crippen LogP contribution < -0.4 is 5.48 Å². The number of aryl methyl sites for hydroxylation is 1. The van der Waals surface area contributed by atoms with Gasteiger partial charge in [0.1, 0.15) is 5.69 Å². The normalized spacial score (nSPS) is 16.6. The molecule has 0 atom stereocenters. The summed E-state index contributed by atoms with van der Waals surface area (Å²) < 4.78 is 2.65. The maximum atomic E-state index is 11.8. The van der Waals surface area contributed by atoms with Crippen molar-refractivity contribution >= 4 is 21.8 Å².